The first-order valence-electron chi connectivity index (χ1n) is 5.06. The number of ether oxygens (including phenoxy) is 1. The van der Waals surface area contributed by atoms with Crippen molar-refractivity contribution < 1.29 is 19.4 Å². The lowest BCUT2D eigenvalue weighted by Crippen LogP contribution is -2.15. The Balaban J connectivity index is 4.13. The zero-order chi connectivity index (χ0) is 11.8. The van der Waals surface area contributed by atoms with Gasteiger partial charge in [0, 0.05) is 5.57 Å². The summed E-state index contributed by atoms with van der Waals surface area (Å²) in [6.45, 7) is 5.21. The molecule has 4 heteroatoms. The Morgan fingerprint density at radius 3 is 2.53 bits per heavy atom. The van der Waals surface area contributed by atoms with Crippen molar-refractivity contribution in [1.82, 2.24) is 0 Å². The Kier molecular flexibility index (Phi) is 6.62. The van der Waals surface area contributed by atoms with E-state index in [1.165, 1.54) is 13.8 Å². The van der Waals surface area contributed by atoms with E-state index in [4.69, 9.17) is 9.84 Å². The number of hydrogen-bond acceptors (Lipinski definition) is 4. The van der Waals surface area contributed by atoms with Gasteiger partial charge in [-0.05, 0) is 26.3 Å². The fourth-order valence-electron chi connectivity index (χ4n) is 0.816. The van der Waals surface area contributed by atoms with Gasteiger partial charge < -0.3 is 9.84 Å². The van der Waals surface area contributed by atoms with Gasteiger partial charge in [-0.1, -0.05) is 13.3 Å². The third kappa shape index (κ3) is 6.01. The number of unbranched alkanes of at least 4 members (excludes halogenated alkanes) is 1. The number of ketones is 1. The average molecular weight is 214 g/mol. The van der Waals surface area contributed by atoms with Crippen LogP contribution in [0, 0.1) is 0 Å². The highest BCUT2D eigenvalue weighted by Gasteiger charge is 2.10. The normalized spacial score (nSPS) is 13.5. The Morgan fingerprint density at radius 1 is 1.47 bits per heavy atom. The van der Waals surface area contributed by atoms with Crippen molar-refractivity contribution in [3.63, 3.8) is 0 Å². The lowest BCUT2D eigenvalue weighted by Gasteiger charge is -2.04. The summed E-state index contributed by atoms with van der Waals surface area (Å²) in [7, 11) is 0. The number of esters is 1. The summed E-state index contributed by atoms with van der Waals surface area (Å²) < 4.78 is 4.88. The first kappa shape index (κ1) is 13.8. The first-order chi connectivity index (χ1) is 6.99. The zero-order valence-corrected chi connectivity index (χ0v) is 9.45. The molecule has 0 aromatic rings. The molecule has 0 radical (unpaired) electrons. The van der Waals surface area contributed by atoms with Crippen LogP contribution in [0.15, 0.2) is 11.6 Å². The minimum atomic E-state index is -1.08. The van der Waals surface area contributed by atoms with Crippen molar-refractivity contribution in [2.75, 3.05) is 6.61 Å². The van der Waals surface area contributed by atoms with Gasteiger partial charge in [0.05, 0.1) is 6.61 Å². The van der Waals surface area contributed by atoms with Crippen LogP contribution in [0.4, 0.5) is 0 Å². The summed E-state index contributed by atoms with van der Waals surface area (Å²) in [6.07, 6.45) is 1.79. The predicted molar refractivity (Wildman–Crippen MR) is 56.3 cm³/mol. The summed E-state index contributed by atoms with van der Waals surface area (Å²) in [5.41, 5.74) is 0.219. The largest absolute Gasteiger partial charge is 0.462 e. The summed E-state index contributed by atoms with van der Waals surface area (Å²) in [4.78, 5) is 22.3. The van der Waals surface area contributed by atoms with Crippen LogP contribution in [-0.2, 0) is 14.3 Å². The van der Waals surface area contributed by atoms with Crippen LogP contribution in [0.1, 0.15) is 33.6 Å². The molecule has 0 aliphatic heterocycles. The molecule has 0 bridgehead atoms. The Hall–Kier alpha value is -1.16. The van der Waals surface area contributed by atoms with E-state index in [1.807, 2.05) is 6.92 Å². The maximum Gasteiger partial charge on any atom is 0.333 e. The van der Waals surface area contributed by atoms with E-state index in [0.29, 0.717) is 6.61 Å². The highest BCUT2D eigenvalue weighted by Crippen LogP contribution is 2.00. The van der Waals surface area contributed by atoms with Crippen molar-refractivity contribution in [1.29, 1.82) is 0 Å². The van der Waals surface area contributed by atoms with E-state index >= 15 is 0 Å². The highest BCUT2D eigenvalue weighted by molar-refractivity contribution is 6.00. The quantitative estimate of drug-likeness (QED) is 0.410. The zero-order valence-electron chi connectivity index (χ0n) is 9.45. The molecule has 15 heavy (non-hydrogen) atoms. The summed E-state index contributed by atoms with van der Waals surface area (Å²) >= 11 is 0. The lowest BCUT2D eigenvalue weighted by atomic mass is 10.2. The highest BCUT2D eigenvalue weighted by atomic mass is 16.5. The summed E-state index contributed by atoms with van der Waals surface area (Å²) in [5, 5.41) is 8.92. The molecule has 0 aliphatic rings. The molecule has 0 spiro atoms. The predicted octanol–water partition coefficient (Wildman–Crippen LogP) is 1.23. The van der Waals surface area contributed by atoms with E-state index in [1.54, 1.807) is 0 Å². The minimum Gasteiger partial charge on any atom is -0.462 e. The van der Waals surface area contributed by atoms with Crippen LogP contribution in [0.2, 0.25) is 0 Å². The van der Waals surface area contributed by atoms with Crippen LogP contribution in [-0.4, -0.2) is 29.6 Å². The van der Waals surface area contributed by atoms with Gasteiger partial charge in [0.2, 0.25) is 0 Å². The topological polar surface area (TPSA) is 63.6 Å². The molecule has 0 fully saturated rings. The number of aliphatic hydroxyl groups excluding tert-OH is 1. The van der Waals surface area contributed by atoms with Crippen molar-refractivity contribution in [3.05, 3.63) is 11.6 Å². The SMILES string of the molecule is CCCCOC(=O)/C(C)=C/C(=O)C(C)O. The third-order valence-corrected chi connectivity index (χ3v) is 1.82. The smallest absolute Gasteiger partial charge is 0.333 e. The first-order valence-corrected chi connectivity index (χ1v) is 5.06. The van der Waals surface area contributed by atoms with Gasteiger partial charge in [-0.2, -0.15) is 0 Å². The Bertz CT molecular complexity index is 253. The van der Waals surface area contributed by atoms with Gasteiger partial charge in [-0.25, -0.2) is 4.79 Å². The fourth-order valence-corrected chi connectivity index (χ4v) is 0.816. The second-order valence-electron chi connectivity index (χ2n) is 3.40. The van der Waals surface area contributed by atoms with Gasteiger partial charge >= 0.3 is 5.97 Å². The molecule has 1 unspecified atom stereocenters. The maximum absolute atomic E-state index is 11.3. The van der Waals surface area contributed by atoms with E-state index in [2.05, 4.69) is 0 Å². The third-order valence-electron chi connectivity index (χ3n) is 1.82. The maximum atomic E-state index is 11.3. The number of aliphatic hydroxyl groups is 1. The minimum absolute atomic E-state index is 0.219. The van der Waals surface area contributed by atoms with Crippen molar-refractivity contribution >= 4 is 11.8 Å². The fraction of sp³-hybridized carbons (Fsp3) is 0.636. The Morgan fingerprint density at radius 2 is 2.07 bits per heavy atom. The second kappa shape index (κ2) is 7.17. The average Bonchev–Trinajstić information content (AvgIpc) is 2.17. The second-order valence-corrected chi connectivity index (χ2v) is 3.40. The van der Waals surface area contributed by atoms with E-state index in [9.17, 15) is 9.59 Å². The van der Waals surface area contributed by atoms with Crippen molar-refractivity contribution in [3.8, 4) is 0 Å². The molecule has 4 nitrogen and oxygen atoms in total. The van der Waals surface area contributed by atoms with Crippen LogP contribution >= 0.6 is 0 Å². The number of carbonyl (C=O) groups excluding carboxylic acids is 2. The van der Waals surface area contributed by atoms with Crippen LogP contribution in [0.5, 0.6) is 0 Å². The van der Waals surface area contributed by atoms with E-state index < -0.39 is 17.9 Å². The van der Waals surface area contributed by atoms with Gasteiger partial charge in [-0.15, -0.1) is 0 Å². The molecule has 1 N–H and O–H groups in total. The molecule has 1 atom stereocenters. The monoisotopic (exact) mass is 214 g/mol. The van der Waals surface area contributed by atoms with E-state index in [0.717, 1.165) is 18.9 Å². The summed E-state index contributed by atoms with van der Waals surface area (Å²) in [6, 6.07) is 0. The molecular formula is C11H18O4. The molecule has 0 saturated carbocycles. The van der Waals surface area contributed by atoms with Crippen LogP contribution in [0.25, 0.3) is 0 Å². The molecular weight excluding hydrogens is 196 g/mol. The van der Waals surface area contributed by atoms with Crippen molar-refractivity contribution in [2.45, 2.75) is 39.7 Å². The van der Waals surface area contributed by atoms with Crippen LogP contribution in [0.3, 0.4) is 0 Å². The van der Waals surface area contributed by atoms with Gasteiger partial charge in [0.15, 0.2) is 5.78 Å². The molecule has 86 valence electrons. The number of rotatable bonds is 6. The van der Waals surface area contributed by atoms with Gasteiger partial charge in [0.25, 0.3) is 0 Å². The molecule has 0 aromatic heterocycles. The van der Waals surface area contributed by atoms with Gasteiger partial charge in [0.1, 0.15) is 6.10 Å². The lowest BCUT2D eigenvalue weighted by molar-refractivity contribution is -0.139. The van der Waals surface area contributed by atoms with E-state index in [-0.39, 0.29) is 5.57 Å². The molecule has 0 heterocycles. The Labute approximate surface area is 89.9 Å². The molecule has 0 amide bonds. The summed E-state index contributed by atoms with van der Waals surface area (Å²) in [5.74, 6) is -0.989. The number of carbonyl (C=O) groups is 2. The molecule has 0 saturated heterocycles. The number of hydrogen-bond donors (Lipinski definition) is 1. The standard InChI is InChI=1S/C11H18O4/c1-4-5-6-15-11(14)8(2)7-10(13)9(3)12/h7,9,12H,4-6H2,1-3H3/b8-7+. The molecule has 0 aromatic carbocycles. The molecule has 0 rings (SSSR count). The van der Waals surface area contributed by atoms with Crippen LogP contribution < -0.4 is 0 Å². The molecule has 0 aliphatic carbocycles. The van der Waals surface area contributed by atoms with Crippen molar-refractivity contribution in [2.24, 2.45) is 0 Å². The van der Waals surface area contributed by atoms with Gasteiger partial charge in [-0.3, -0.25) is 4.79 Å².